The largest absolute Gasteiger partial charge is 0.369 e. The zero-order valence-electron chi connectivity index (χ0n) is 12.0. The molecule has 1 aliphatic rings. The van der Waals surface area contributed by atoms with Crippen molar-refractivity contribution < 1.29 is 0 Å². The number of nitrogens with zero attached hydrogens (tertiary/aromatic N) is 3. The summed E-state index contributed by atoms with van der Waals surface area (Å²) >= 11 is 5.94. The Bertz CT molecular complexity index is 549. The van der Waals surface area contributed by atoms with Crippen LogP contribution in [0.5, 0.6) is 0 Å². The van der Waals surface area contributed by atoms with Crippen LogP contribution in [-0.4, -0.2) is 17.6 Å². The molecule has 1 atom stereocenters. The number of anilines is 1. The van der Waals surface area contributed by atoms with Gasteiger partial charge in [-0.1, -0.05) is 25.4 Å². The van der Waals surface area contributed by atoms with E-state index in [4.69, 9.17) is 23.1 Å². The monoisotopic (exact) mass is 293 g/mol. The van der Waals surface area contributed by atoms with Crippen LogP contribution >= 0.6 is 11.6 Å². The third-order valence-corrected chi connectivity index (χ3v) is 3.43. The number of hydrogen-bond acceptors (Lipinski definition) is 5. The van der Waals surface area contributed by atoms with Crippen molar-refractivity contribution in [2.24, 2.45) is 27.4 Å². The van der Waals surface area contributed by atoms with Gasteiger partial charge in [-0.15, -0.1) is 0 Å². The highest BCUT2D eigenvalue weighted by Gasteiger charge is 2.37. The second kappa shape index (κ2) is 5.32. The van der Waals surface area contributed by atoms with Crippen LogP contribution in [0.2, 0.25) is 5.02 Å². The number of guanidine groups is 2. The minimum absolute atomic E-state index is 0.218. The van der Waals surface area contributed by atoms with Crippen molar-refractivity contribution >= 4 is 29.2 Å². The third kappa shape index (κ3) is 2.88. The van der Waals surface area contributed by atoms with Crippen molar-refractivity contribution in [2.75, 3.05) is 4.90 Å². The van der Waals surface area contributed by atoms with Gasteiger partial charge >= 0.3 is 0 Å². The Labute approximate surface area is 124 Å². The van der Waals surface area contributed by atoms with Gasteiger partial charge in [0.2, 0.25) is 11.9 Å². The zero-order valence-corrected chi connectivity index (χ0v) is 12.7. The summed E-state index contributed by atoms with van der Waals surface area (Å²) in [4.78, 5) is 10.5. The second-order valence-electron chi connectivity index (χ2n) is 5.57. The minimum Gasteiger partial charge on any atom is -0.369 e. The normalized spacial score (nSPS) is 22.8. The van der Waals surface area contributed by atoms with E-state index >= 15 is 0 Å². The number of nitrogens with two attached hydrogens (primary N) is 2. The molecule has 0 aliphatic carbocycles. The van der Waals surface area contributed by atoms with Crippen molar-refractivity contribution in [2.45, 2.75) is 32.9 Å². The molecule has 0 spiro atoms. The van der Waals surface area contributed by atoms with Gasteiger partial charge in [-0.25, -0.2) is 4.99 Å². The van der Waals surface area contributed by atoms with E-state index in [1.165, 1.54) is 0 Å². The molecule has 108 valence electrons. The van der Waals surface area contributed by atoms with E-state index in [1.807, 2.05) is 36.1 Å². The Hall–Kier alpha value is -1.75. The molecule has 1 aromatic rings. The molecule has 1 heterocycles. The Morgan fingerprint density at radius 1 is 1.25 bits per heavy atom. The molecule has 0 aromatic heterocycles. The molecule has 4 N–H and O–H groups in total. The van der Waals surface area contributed by atoms with E-state index < -0.39 is 5.66 Å². The Morgan fingerprint density at radius 2 is 1.85 bits per heavy atom. The molecule has 0 amide bonds. The van der Waals surface area contributed by atoms with Gasteiger partial charge in [0.05, 0.1) is 0 Å². The number of aliphatic imine (C=N–C) groups is 2. The molecule has 0 radical (unpaired) electrons. The third-order valence-electron chi connectivity index (χ3n) is 3.18. The SMILES string of the molecule is CC(C)CC1(C)N=C(N)N=C(N)N1c1ccc(Cl)cc1. The molecule has 1 unspecified atom stereocenters. The highest BCUT2D eigenvalue weighted by Crippen LogP contribution is 2.33. The van der Waals surface area contributed by atoms with Crippen LogP contribution < -0.4 is 16.4 Å². The topological polar surface area (TPSA) is 80.0 Å². The molecule has 20 heavy (non-hydrogen) atoms. The molecule has 0 fully saturated rings. The lowest BCUT2D eigenvalue weighted by molar-refractivity contribution is 0.379. The number of benzene rings is 1. The van der Waals surface area contributed by atoms with Gasteiger partial charge in [0.15, 0.2) is 0 Å². The minimum atomic E-state index is -0.544. The van der Waals surface area contributed by atoms with E-state index in [2.05, 4.69) is 23.8 Å². The van der Waals surface area contributed by atoms with Crippen LogP contribution in [0.15, 0.2) is 34.3 Å². The lowest BCUT2D eigenvalue weighted by Crippen LogP contribution is -2.56. The summed E-state index contributed by atoms with van der Waals surface area (Å²) in [6, 6.07) is 7.45. The molecule has 2 rings (SSSR count). The fourth-order valence-corrected chi connectivity index (χ4v) is 2.77. The molecule has 0 saturated carbocycles. The van der Waals surface area contributed by atoms with Crippen molar-refractivity contribution in [3.05, 3.63) is 29.3 Å². The summed E-state index contributed by atoms with van der Waals surface area (Å²) in [5.41, 5.74) is 12.2. The number of halogens is 1. The fourth-order valence-electron chi connectivity index (χ4n) is 2.65. The van der Waals surface area contributed by atoms with Crippen LogP contribution in [0, 0.1) is 5.92 Å². The van der Waals surface area contributed by atoms with E-state index in [0.717, 1.165) is 12.1 Å². The number of rotatable bonds is 3. The van der Waals surface area contributed by atoms with E-state index in [0.29, 0.717) is 16.9 Å². The van der Waals surface area contributed by atoms with Gasteiger partial charge in [0, 0.05) is 10.7 Å². The summed E-state index contributed by atoms with van der Waals surface area (Å²) < 4.78 is 0. The quantitative estimate of drug-likeness (QED) is 0.899. The average molecular weight is 294 g/mol. The van der Waals surface area contributed by atoms with E-state index in [9.17, 15) is 0 Å². The zero-order chi connectivity index (χ0) is 14.9. The molecule has 1 aliphatic heterocycles. The smallest absolute Gasteiger partial charge is 0.220 e. The number of hydrogen-bond donors (Lipinski definition) is 2. The standard InChI is InChI=1S/C14H20ClN5/c1-9(2)8-14(3)19-12(16)18-13(17)20(14)11-6-4-10(15)5-7-11/h4-7,9H,8H2,1-3H3,(H4,16,17,18,19). The van der Waals surface area contributed by atoms with Crippen molar-refractivity contribution in [3.8, 4) is 0 Å². The summed E-state index contributed by atoms with van der Waals surface area (Å²) in [6.45, 7) is 6.29. The molecular formula is C14H20ClN5. The molecule has 1 aromatic carbocycles. The van der Waals surface area contributed by atoms with E-state index in [-0.39, 0.29) is 5.96 Å². The van der Waals surface area contributed by atoms with Crippen LogP contribution in [0.25, 0.3) is 0 Å². The Kier molecular flexibility index (Phi) is 3.90. The molecule has 0 saturated heterocycles. The van der Waals surface area contributed by atoms with Gasteiger partial charge in [0.25, 0.3) is 0 Å². The second-order valence-corrected chi connectivity index (χ2v) is 6.00. The first kappa shape index (κ1) is 14.7. The lowest BCUT2D eigenvalue weighted by Gasteiger charge is -2.42. The summed E-state index contributed by atoms with van der Waals surface area (Å²) in [5, 5.41) is 0.676. The predicted octanol–water partition coefficient (Wildman–Crippen LogP) is 2.55. The van der Waals surface area contributed by atoms with Gasteiger partial charge in [-0.2, -0.15) is 4.99 Å². The molecule has 5 nitrogen and oxygen atoms in total. The van der Waals surface area contributed by atoms with Crippen LogP contribution in [0.1, 0.15) is 27.2 Å². The maximum absolute atomic E-state index is 6.07. The van der Waals surface area contributed by atoms with Crippen LogP contribution in [0.4, 0.5) is 5.69 Å². The first-order valence-electron chi connectivity index (χ1n) is 6.57. The molecule has 0 bridgehead atoms. The van der Waals surface area contributed by atoms with E-state index in [1.54, 1.807) is 0 Å². The first-order chi connectivity index (χ1) is 9.32. The molecular weight excluding hydrogens is 274 g/mol. The average Bonchev–Trinajstić information content (AvgIpc) is 2.28. The molecule has 6 heteroatoms. The highest BCUT2D eigenvalue weighted by atomic mass is 35.5. The summed E-state index contributed by atoms with van der Waals surface area (Å²) in [5.74, 6) is 1.01. The summed E-state index contributed by atoms with van der Waals surface area (Å²) in [6.07, 6.45) is 0.812. The van der Waals surface area contributed by atoms with Crippen molar-refractivity contribution in [1.29, 1.82) is 0 Å². The van der Waals surface area contributed by atoms with Gasteiger partial charge in [0.1, 0.15) is 5.66 Å². The summed E-state index contributed by atoms with van der Waals surface area (Å²) in [7, 11) is 0. The Balaban J connectivity index is 2.46. The van der Waals surface area contributed by atoms with Crippen molar-refractivity contribution in [3.63, 3.8) is 0 Å². The maximum atomic E-state index is 6.07. The van der Waals surface area contributed by atoms with Crippen LogP contribution in [-0.2, 0) is 0 Å². The van der Waals surface area contributed by atoms with Crippen LogP contribution in [0.3, 0.4) is 0 Å². The predicted molar refractivity (Wildman–Crippen MR) is 85.0 cm³/mol. The van der Waals surface area contributed by atoms with Gasteiger partial charge in [-0.3, -0.25) is 4.90 Å². The Morgan fingerprint density at radius 3 is 2.40 bits per heavy atom. The van der Waals surface area contributed by atoms with Crippen molar-refractivity contribution in [1.82, 2.24) is 0 Å². The van der Waals surface area contributed by atoms with Gasteiger partial charge < -0.3 is 11.5 Å². The van der Waals surface area contributed by atoms with Gasteiger partial charge in [-0.05, 0) is 43.5 Å². The fraction of sp³-hybridized carbons (Fsp3) is 0.429. The maximum Gasteiger partial charge on any atom is 0.220 e. The first-order valence-corrected chi connectivity index (χ1v) is 6.95. The highest BCUT2D eigenvalue weighted by molar-refractivity contribution is 6.30. The lowest BCUT2D eigenvalue weighted by atomic mass is 9.96.